The Morgan fingerprint density at radius 2 is 1.53 bits per heavy atom. The molecule has 34 heavy (non-hydrogen) atoms. The van der Waals surface area contributed by atoms with Crippen molar-refractivity contribution in [1.82, 2.24) is 4.90 Å². The molecule has 1 saturated heterocycles. The van der Waals surface area contributed by atoms with Gasteiger partial charge in [-0.15, -0.1) is 0 Å². The summed E-state index contributed by atoms with van der Waals surface area (Å²) in [6.45, 7) is 10.2. The van der Waals surface area contributed by atoms with Gasteiger partial charge in [-0.25, -0.2) is 0 Å². The lowest BCUT2D eigenvalue weighted by Crippen LogP contribution is -2.47. The average molecular weight is 476 g/mol. The average Bonchev–Trinajstić information content (AvgIpc) is 2.84. The minimum Gasteiger partial charge on any atom is -0.506 e. The predicted molar refractivity (Wildman–Crippen MR) is 141 cm³/mol. The van der Waals surface area contributed by atoms with Gasteiger partial charge in [0.25, 0.3) is 0 Å². The summed E-state index contributed by atoms with van der Waals surface area (Å²) in [5, 5.41) is 10.6. The third-order valence-electron chi connectivity index (χ3n) is 6.42. The maximum Gasteiger partial charge on any atom is 0.142 e. The van der Waals surface area contributed by atoms with Gasteiger partial charge in [-0.3, -0.25) is 4.90 Å². The highest BCUT2D eigenvalue weighted by Gasteiger charge is 2.26. The number of aromatic hydroxyl groups is 1. The van der Waals surface area contributed by atoms with E-state index in [1.165, 1.54) is 16.3 Å². The fourth-order valence-electron chi connectivity index (χ4n) is 4.84. The van der Waals surface area contributed by atoms with Crippen molar-refractivity contribution in [3.05, 3.63) is 66.7 Å². The topological polar surface area (TPSA) is 39.2 Å². The number of hydrogen-bond donors (Lipinski definition) is 1. The summed E-state index contributed by atoms with van der Waals surface area (Å²) >= 11 is 1.74. The highest BCUT2D eigenvalue weighted by molar-refractivity contribution is 7.99. The van der Waals surface area contributed by atoms with Gasteiger partial charge in [-0.05, 0) is 63.2 Å². The Hall–Kier alpha value is -2.83. The highest BCUT2D eigenvalue weighted by Crippen LogP contribution is 2.51. The van der Waals surface area contributed by atoms with Crippen molar-refractivity contribution in [3.63, 3.8) is 0 Å². The Labute approximate surface area is 206 Å². The SMILES string of the molecule is CC(C)Oc1ccccc1N1CCN(CCCN2c3ccccc3Sc3cccc(O)c32)CC1. The van der Waals surface area contributed by atoms with E-state index in [-0.39, 0.29) is 6.10 Å². The molecule has 0 amide bonds. The molecule has 3 aromatic carbocycles. The molecule has 2 heterocycles. The van der Waals surface area contributed by atoms with E-state index in [4.69, 9.17) is 4.74 Å². The van der Waals surface area contributed by atoms with Crippen LogP contribution in [0.1, 0.15) is 20.3 Å². The predicted octanol–water partition coefficient (Wildman–Crippen LogP) is 5.99. The van der Waals surface area contributed by atoms with E-state index in [9.17, 15) is 5.11 Å². The minimum absolute atomic E-state index is 0.172. The molecule has 2 aliphatic heterocycles. The van der Waals surface area contributed by atoms with Gasteiger partial charge in [0.15, 0.2) is 0 Å². The number of hydrogen-bond acceptors (Lipinski definition) is 6. The van der Waals surface area contributed by atoms with Crippen molar-refractivity contribution in [3.8, 4) is 11.5 Å². The number of phenols is 1. The fraction of sp³-hybridized carbons (Fsp3) is 0.357. The van der Waals surface area contributed by atoms with Crippen molar-refractivity contribution in [2.75, 3.05) is 49.1 Å². The van der Waals surface area contributed by atoms with E-state index in [2.05, 4.69) is 77.1 Å². The first-order valence-electron chi connectivity index (χ1n) is 12.2. The van der Waals surface area contributed by atoms with Gasteiger partial charge in [0.05, 0.1) is 23.2 Å². The van der Waals surface area contributed by atoms with Crippen LogP contribution in [-0.2, 0) is 0 Å². The summed E-state index contributed by atoms with van der Waals surface area (Å²) in [4.78, 5) is 9.66. The summed E-state index contributed by atoms with van der Waals surface area (Å²) in [5.74, 6) is 1.33. The van der Waals surface area contributed by atoms with Crippen LogP contribution in [0.4, 0.5) is 17.1 Å². The summed E-state index contributed by atoms with van der Waals surface area (Å²) in [5.41, 5.74) is 3.33. The molecular formula is C28H33N3O2S. The van der Waals surface area contributed by atoms with Crippen LogP contribution in [0.2, 0.25) is 0 Å². The highest BCUT2D eigenvalue weighted by atomic mass is 32.2. The Morgan fingerprint density at radius 1 is 0.824 bits per heavy atom. The van der Waals surface area contributed by atoms with E-state index >= 15 is 0 Å². The molecule has 3 aromatic rings. The molecule has 0 unspecified atom stereocenters. The Morgan fingerprint density at radius 3 is 2.32 bits per heavy atom. The number of ether oxygens (including phenoxy) is 1. The lowest BCUT2D eigenvalue weighted by atomic mass is 10.2. The van der Waals surface area contributed by atoms with E-state index in [1.54, 1.807) is 17.8 Å². The number of rotatable bonds is 7. The van der Waals surface area contributed by atoms with Crippen LogP contribution in [0.25, 0.3) is 0 Å². The van der Waals surface area contributed by atoms with Gasteiger partial charge < -0.3 is 19.6 Å². The van der Waals surface area contributed by atoms with Crippen molar-refractivity contribution in [2.24, 2.45) is 0 Å². The van der Waals surface area contributed by atoms with E-state index < -0.39 is 0 Å². The lowest BCUT2D eigenvalue weighted by molar-refractivity contribution is 0.237. The van der Waals surface area contributed by atoms with Gasteiger partial charge in [0.2, 0.25) is 0 Å². The summed E-state index contributed by atoms with van der Waals surface area (Å²) in [6.07, 6.45) is 1.21. The maximum atomic E-state index is 10.6. The third kappa shape index (κ3) is 4.84. The van der Waals surface area contributed by atoms with Crippen LogP contribution >= 0.6 is 11.8 Å². The van der Waals surface area contributed by atoms with Crippen LogP contribution < -0.4 is 14.5 Å². The molecule has 5 nitrogen and oxygen atoms in total. The normalized spacial score (nSPS) is 15.9. The lowest BCUT2D eigenvalue weighted by Gasteiger charge is -2.38. The van der Waals surface area contributed by atoms with Gasteiger partial charge in [-0.1, -0.05) is 42.1 Å². The molecule has 0 aromatic heterocycles. The van der Waals surface area contributed by atoms with Gasteiger partial charge in [0.1, 0.15) is 11.5 Å². The molecule has 0 radical (unpaired) electrons. The Bertz CT molecular complexity index is 1130. The van der Waals surface area contributed by atoms with Gasteiger partial charge >= 0.3 is 0 Å². The zero-order valence-corrected chi connectivity index (χ0v) is 20.8. The Balaban J connectivity index is 1.20. The van der Waals surface area contributed by atoms with Gasteiger partial charge in [0, 0.05) is 42.5 Å². The summed E-state index contributed by atoms with van der Waals surface area (Å²) in [6, 6.07) is 22.7. The molecule has 0 spiro atoms. The molecule has 6 heteroatoms. The molecule has 0 aliphatic carbocycles. The molecule has 1 fully saturated rings. The number of phenolic OH excluding ortho intramolecular Hbond substituents is 1. The van der Waals surface area contributed by atoms with E-state index in [0.29, 0.717) is 5.75 Å². The molecule has 5 rings (SSSR count). The molecule has 2 aliphatic rings. The van der Waals surface area contributed by atoms with Crippen LogP contribution in [0.15, 0.2) is 76.5 Å². The van der Waals surface area contributed by atoms with E-state index in [0.717, 1.165) is 62.0 Å². The fourth-order valence-corrected chi connectivity index (χ4v) is 5.96. The number of nitrogens with zero attached hydrogens (tertiary/aromatic N) is 3. The first kappa shape index (κ1) is 22.9. The van der Waals surface area contributed by atoms with Crippen molar-refractivity contribution in [2.45, 2.75) is 36.2 Å². The monoisotopic (exact) mass is 475 g/mol. The second-order valence-corrected chi connectivity index (χ2v) is 10.2. The van der Waals surface area contributed by atoms with Crippen molar-refractivity contribution < 1.29 is 9.84 Å². The smallest absolute Gasteiger partial charge is 0.142 e. The molecule has 0 atom stereocenters. The van der Waals surface area contributed by atoms with Crippen LogP contribution in [0, 0.1) is 0 Å². The zero-order chi connectivity index (χ0) is 23.5. The number of para-hydroxylation sites is 4. The van der Waals surface area contributed by atoms with Crippen molar-refractivity contribution >= 4 is 28.8 Å². The van der Waals surface area contributed by atoms with Crippen molar-refractivity contribution in [1.29, 1.82) is 0 Å². The van der Waals surface area contributed by atoms with Crippen LogP contribution in [0.3, 0.4) is 0 Å². The summed E-state index contributed by atoms with van der Waals surface area (Å²) in [7, 11) is 0. The first-order chi connectivity index (χ1) is 16.6. The van der Waals surface area contributed by atoms with Crippen LogP contribution in [0.5, 0.6) is 11.5 Å². The van der Waals surface area contributed by atoms with Crippen LogP contribution in [-0.4, -0.2) is 55.4 Å². The molecule has 178 valence electrons. The molecule has 1 N–H and O–H groups in total. The largest absolute Gasteiger partial charge is 0.506 e. The molecule has 0 saturated carbocycles. The number of fused-ring (bicyclic) bond motifs is 2. The van der Waals surface area contributed by atoms with E-state index in [1.807, 2.05) is 12.1 Å². The quantitative estimate of drug-likeness (QED) is 0.452. The molecule has 0 bridgehead atoms. The second-order valence-electron chi connectivity index (χ2n) is 9.16. The second kappa shape index (κ2) is 10.2. The maximum absolute atomic E-state index is 10.6. The first-order valence-corrected chi connectivity index (χ1v) is 13.0. The third-order valence-corrected chi connectivity index (χ3v) is 7.54. The standard InChI is InChI=1S/C28H33N3O2S/c1-21(2)33-25-12-5-3-9-22(25)30-19-17-29(18-20-30)15-8-16-31-23-10-4-6-13-26(23)34-27-14-7-11-24(32)28(27)31/h3-7,9-14,21,32H,8,15-20H2,1-2H3. The summed E-state index contributed by atoms with van der Waals surface area (Å²) < 4.78 is 6.04. The zero-order valence-electron chi connectivity index (χ0n) is 20.0. The Kier molecular flexibility index (Phi) is 6.88. The molecular weight excluding hydrogens is 442 g/mol. The number of piperazine rings is 1. The van der Waals surface area contributed by atoms with Gasteiger partial charge in [-0.2, -0.15) is 0 Å². The number of benzene rings is 3. The minimum atomic E-state index is 0.172. The number of anilines is 3.